The number of anilines is 1. The maximum absolute atomic E-state index is 13.6. The molecule has 0 spiro atoms. The number of aryl methyl sites for hydroxylation is 2. The molecule has 2 aromatic heterocycles. The molecule has 0 saturated heterocycles. The number of thiophene rings is 1. The second-order valence-electron chi connectivity index (χ2n) is 7.89. The zero-order valence-electron chi connectivity index (χ0n) is 19.8. The second kappa shape index (κ2) is 11.0. The number of aromatic nitrogens is 2. The lowest BCUT2D eigenvalue weighted by Gasteiger charge is -2.12. The first-order valence-corrected chi connectivity index (χ1v) is 13.2. The molecule has 0 fully saturated rings. The molecule has 1 N–H and O–H groups in total. The average Bonchev–Trinajstić information content (AvgIpc) is 3.15. The van der Waals surface area contributed by atoms with Gasteiger partial charge in [-0.05, 0) is 74.4 Å². The summed E-state index contributed by atoms with van der Waals surface area (Å²) in [6.07, 6.45) is 1.84. The molecule has 182 valence electrons. The van der Waals surface area contributed by atoms with Gasteiger partial charge in [0.1, 0.15) is 16.4 Å². The summed E-state index contributed by atoms with van der Waals surface area (Å²) in [7, 11) is 0. The van der Waals surface area contributed by atoms with E-state index in [0.717, 1.165) is 29.0 Å². The van der Waals surface area contributed by atoms with Gasteiger partial charge in [-0.25, -0.2) is 9.37 Å². The fraction of sp³-hybridized carbons (Fsp3) is 0.269. The highest BCUT2D eigenvalue weighted by Crippen LogP contribution is 2.31. The smallest absolute Gasteiger partial charge is 0.267 e. The van der Waals surface area contributed by atoms with E-state index in [1.807, 2.05) is 13.8 Å². The summed E-state index contributed by atoms with van der Waals surface area (Å²) in [5.74, 6) is 0.165. The molecule has 0 aliphatic rings. The molecule has 0 aliphatic carbocycles. The van der Waals surface area contributed by atoms with E-state index in [4.69, 9.17) is 9.72 Å². The largest absolute Gasteiger partial charge is 0.494 e. The van der Waals surface area contributed by atoms with Crippen molar-refractivity contribution >= 4 is 44.9 Å². The number of carbonyl (C=O) groups excluding carboxylic acids is 1. The zero-order valence-corrected chi connectivity index (χ0v) is 21.4. The van der Waals surface area contributed by atoms with Crippen LogP contribution in [-0.2, 0) is 11.2 Å². The number of benzene rings is 2. The van der Waals surface area contributed by atoms with Crippen LogP contribution < -0.4 is 15.6 Å². The summed E-state index contributed by atoms with van der Waals surface area (Å²) in [5, 5.41) is 3.82. The van der Waals surface area contributed by atoms with Crippen LogP contribution in [-0.4, -0.2) is 27.8 Å². The number of thioether (sulfide) groups is 1. The van der Waals surface area contributed by atoms with Crippen LogP contribution in [0.3, 0.4) is 0 Å². The van der Waals surface area contributed by atoms with Gasteiger partial charge in [-0.3, -0.25) is 14.2 Å². The van der Waals surface area contributed by atoms with E-state index >= 15 is 0 Å². The van der Waals surface area contributed by atoms with Crippen LogP contribution in [0.5, 0.6) is 5.75 Å². The van der Waals surface area contributed by atoms with Gasteiger partial charge >= 0.3 is 0 Å². The third-order valence-corrected chi connectivity index (χ3v) is 7.56. The standard InChI is InChI=1S/C26H26FN3O3S2/c1-4-6-21-16(3)23-24(35-21)29-26(30(25(23)32)19-11-7-17(27)8-12-19)34-15-22(31)28-18-9-13-20(14-10-18)33-5-2/h7-14H,4-6,15H2,1-3H3,(H,28,31). The molecule has 0 aliphatic heterocycles. The summed E-state index contributed by atoms with van der Waals surface area (Å²) < 4.78 is 20.5. The maximum atomic E-state index is 13.6. The Kier molecular flexibility index (Phi) is 7.87. The van der Waals surface area contributed by atoms with Crippen molar-refractivity contribution in [1.29, 1.82) is 0 Å². The van der Waals surface area contributed by atoms with Gasteiger partial charge in [0.15, 0.2) is 5.16 Å². The Morgan fingerprint density at radius 1 is 1.14 bits per heavy atom. The van der Waals surface area contributed by atoms with Crippen LogP contribution in [0.1, 0.15) is 30.7 Å². The van der Waals surface area contributed by atoms with E-state index in [1.165, 1.54) is 39.8 Å². The number of rotatable bonds is 9. The van der Waals surface area contributed by atoms with Crippen LogP contribution in [0, 0.1) is 12.7 Å². The predicted octanol–water partition coefficient (Wildman–Crippen LogP) is 5.98. The number of hydrogen-bond donors (Lipinski definition) is 1. The minimum Gasteiger partial charge on any atom is -0.494 e. The van der Waals surface area contributed by atoms with Crippen LogP contribution in [0.15, 0.2) is 58.5 Å². The Hall–Kier alpha value is -3.17. The molecule has 4 aromatic rings. The van der Waals surface area contributed by atoms with E-state index in [9.17, 15) is 14.0 Å². The van der Waals surface area contributed by atoms with Gasteiger partial charge in [0, 0.05) is 10.6 Å². The monoisotopic (exact) mass is 511 g/mol. The van der Waals surface area contributed by atoms with E-state index in [0.29, 0.717) is 33.4 Å². The first-order chi connectivity index (χ1) is 16.9. The van der Waals surface area contributed by atoms with Crippen molar-refractivity contribution in [2.24, 2.45) is 0 Å². The maximum Gasteiger partial charge on any atom is 0.267 e. The van der Waals surface area contributed by atoms with Gasteiger partial charge in [0.25, 0.3) is 5.56 Å². The number of ether oxygens (including phenoxy) is 1. The first kappa shape index (κ1) is 24.9. The fourth-order valence-corrected chi connectivity index (χ4v) is 5.85. The molecule has 35 heavy (non-hydrogen) atoms. The van der Waals surface area contributed by atoms with Gasteiger partial charge < -0.3 is 10.1 Å². The molecular formula is C26H26FN3O3S2. The number of nitrogens with one attached hydrogen (secondary N) is 1. The lowest BCUT2D eigenvalue weighted by atomic mass is 10.1. The van der Waals surface area contributed by atoms with Gasteiger partial charge in [-0.2, -0.15) is 0 Å². The van der Waals surface area contributed by atoms with E-state index < -0.39 is 5.82 Å². The molecule has 2 aromatic carbocycles. The number of nitrogens with zero attached hydrogens (tertiary/aromatic N) is 2. The van der Waals surface area contributed by atoms with Crippen LogP contribution in [0.4, 0.5) is 10.1 Å². The van der Waals surface area contributed by atoms with Crippen LogP contribution in [0.2, 0.25) is 0 Å². The van der Waals surface area contributed by atoms with Gasteiger partial charge in [-0.1, -0.05) is 25.1 Å². The van der Waals surface area contributed by atoms with Gasteiger partial charge in [0.05, 0.1) is 23.4 Å². The number of halogens is 1. The normalized spacial score (nSPS) is 11.1. The van der Waals surface area contributed by atoms with E-state index in [-0.39, 0.29) is 17.2 Å². The molecule has 0 saturated carbocycles. The number of fused-ring (bicyclic) bond motifs is 1. The molecule has 0 radical (unpaired) electrons. The summed E-state index contributed by atoms with van der Waals surface area (Å²) in [6, 6.07) is 12.8. The quantitative estimate of drug-likeness (QED) is 0.221. The fourth-order valence-electron chi connectivity index (χ4n) is 3.72. The summed E-state index contributed by atoms with van der Waals surface area (Å²) in [5.41, 5.74) is 1.87. The molecule has 0 bridgehead atoms. The van der Waals surface area contributed by atoms with Gasteiger partial charge in [0.2, 0.25) is 5.91 Å². The Balaban J connectivity index is 1.64. The number of hydrogen-bond acceptors (Lipinski definition) is 6. The Bertz CT molecular complexity index is 1400. The minimum atomic E-state index is -0.392. The number of carbonyl (C=O) groups is 1. The van der Waals surface area contributed by atoms with Crippen LogP contribution in [0.25, 0.3) is 15.9 Å². The molecule has 0 unspecified atom stereocenters. The van der Waals surface area contributed by atoms with Crippen molar-refractivity contribution in [3.05, 3.63) is 75.1 Å². The third kappa shape index (κ3) is 5.57. The average molecular weight is 512 g/mol. The van der Waals surface area contributed by atoms with Crippen molar-refractivity contribution in [1.82, 2.24) is 9.55 Å². The topological polar surface area (TPSA) is 73.2 Å². The zero-order chi connectivity index (χ0) is 24.9. The van der Waals surface area contributed by atoms with E-state index in [2.05, 4.69) is 12.2 Å². The van der Waals surface area contributed by atoms with E-state index in [1.54, 1.807) is 36.4 Å². The number of amides is 1. The highest BCUT2D eigenvalue weighted by atomic mass is 32.2. The Labute approximate surface area is 211 Å². The summed E-state index contributed by atoms with van der Waals surface area (Å²) >= 11 is 2.69. The van der Waals surface area contributed by atoms with Crippen molar-refractivity contribution < 1.29 is 13.9 Å². The van der Waals surface area contributed by atoms with Crippen molar-refractivity contribution in [3.8, 4) is 11.4 Å². The van der Waals surface area contributed by atoms with Gasteiger partial charge in [-0.15, -0.1) is 11.3 Å². The third-order valence-electron chi connectivity index (χ3n) is 5.38. The molecule has 2 heterocycles. The van der Waals surface area contributed by atoms with Crippen molar-refractivity contribution in [2.75, 3.05) is 17.7 Å². The highest BCUT2D eigenvalue weighted by Gasteiger charge is 2.20. The molecule has 4 rings (SSSR count). The SMILES string of the molecule is CCCc1sc2nc(SCC(=O)Nc3ccc(OCC)cc3)n(-c3ccc(F)cc3)c(=O)c2c1C. The predicted molar refractivity (Wildman–Crippen MR) is 141 cm³/mol. The van der Waals surface area contributed by atoms with Crippen molar-refractivity contribution in [2.45, 2.75) is 38.8 Å². The second-order valence-corrected chi connectivity index (χ2v) is 9.91. The Morgan fingerprint density at radius 3 is 2.51 bits per heavy atom. The molecule has 6 nitrogen and oxygen atoms in total. The lowest BCUT2D eigenvalue weighted by molar-refractivity contribution is -0.113. The lowest BCUT2D eigenvalue weighted by Crippen LogP contribution is -2.23. The minimum absolute atomic E-state index is 0.0541. The first-order valence-electron chi connectivity index (χ1n) is 11.4. The molecule has 1 amide bonds. The molecule has 9 heteroatoms. The molecular weight excluding hydrogens is 485 g/mol. The highest BCUT2D eigenvalue weighted by molar-refractivity contribution is 7.99. The molecule has 0 atom stereocenters. The van der Waals surface area contributed by atoms with Crippen molar-refractivity contribution in [3.63, 3.8) is 0 Å². The summed E-state index contributed by atoms with van der Waals surface area (Å²) in [4.78, 5) is 32.8. The Morgan fingerprint density at radius 2 is 1.86 bits per heavy atom. The summed E-state index contributed by atoms with van der Waals surface area (Å²) in [6.45, 7) is 6.52. The van der Waals surface area contributed by atoms with Crippen LogP contribution >= 0.6 is 23.1 Å².